The quantitative estimate of drug-likeness (QED) is 0.773. The maximum Gasteiger partial charge on any atom is 0.274 e. The first-order chi connectivity index (χ1) is 12.2. The number of carbonyl (C=O) groups is 2. The summed E-state index contributed by atoms with van der Waals surface area (Å²) in [5.74, 6) is 0.904. The van der Waals surface area contributed by atoms with Gasteiger partial charge in [0.05, 0.1) is 18.4 Å². The average Bonchev–Trinajstić information content (AvgIpc) is 3.30. The predicted octanol–water partition coefficient (Wildman–Crippen LogP) is 1.70. The Balaban J connectivity index is 1.62. The number of rotatable bonds is 4. The second-order valence-corrected chi connectivity index (χ2v) is 7.86. The first-order valence-corrected chi connectivity index (χ1v) is 8.87. The lowest BCUT2D eigenvalue weighted by Crippen LogP contribution is -2.28. The zero-order chi connectivity index (χ0) is 18.9. The Morgan fingerprint density at radius 3 is 2.81 bits per heavy atom. The number of aromatic nitrogens is 4. The number of amides is 2. The van der Waals surface area contributed by atoms with Gasteiger partial charge in [0.2, 0.25) is 5.91 Å². The number of imidazole rings is 1. The van der Waals surface area contributed by atoms with Gasteiger partial charge >= 0.3 is 0 Å². The number of hydrogen-bond donors (Lipinski definition) is 3. The molecule has 1 aliphatic rings. The Hall–Kier alpha value is -2.64. The summed E-state index contributed by atoms with van der Waals surface area (Å²) in [7, 11) is 0. The number of likely N-dealkylation sites (tertiary alicyclic amines) is 1. The Labute approximate surface area is 152 Å². The number of nitrogens with one attached hydrogen (secondary N) is 3. The van der Waals surface area contributed by atoms with Crippen LogP contribution in [0.3, 0.4) is 0 Å². The molecule has 26 heavy (non-hydrogen) atoms. The smallest absolute Gasteiger partial charge is 0.274 e. The van der Waals surface area contributed by atoms with Crippen LogP contribution in [0.25, 0.3) is 0 Å². The Bertz CT molecular complexity index is 801. The molecule has 0 unspecified atom stereocenters. The molecule has 8 nitrogen and oxygen atoms in total. The van der Waals surface area contributed by atoms with Crippen molar-refractivity contribution in [3.63, 3.8) is 0 Å². The standard InChI is InChI=1S/C18H26N6O2/c1-11(25)19-8-13-9-20-16(21-13)12-5-6-24(10-12)17(26)14-7-15(23-22-14)18(2,3)4/h7,9,12H,5-6,8,10H2,1-4H3,(H,19,25)(H,20,21)(H,22,23)/t12-/m0/s1. The lowest BCUT2D eigenvalue weighted by Gasteiger charge is -2.15. The topological polar surface area (TPSA) is 107 Å². The summed E-state index contributed by atoms with van der Waals surface area (Å²) in [4.78, 5) is 33.2. The molecule has 0 bridgehead atoms. The molecule has 0 radical (unpaired) electrons. The van der Waals surface area contributed by atoms with E-state index in [9.17, 15) is 9.59 Å². The van der Waals surface area contributed by atoms with Crippen LogP contribution >= 0.6 is 0 Å². The van der Waals surface area contributed by atoms with Crippen molar-refractivity contribution in [2.45, 2.75) is 52.0 Å². The first kappa shape index (κ1) is 18.2. The van der Waals surface area contributed by atoms with Crippen molar-refractivity contribution in [1.29, 1.82) is 0 Å². The SMILES string of the molecule is CC(=O)NCc1cnc([C@H]2CCN(C(=O)c3cc(C(C)(C)C)[nH]n3)C2)[nH]1. The van der Waals surface area contributed by atoms with E-state index < -0.39 is 0 Å². The molecule has 1 atom stereocenters. The summed E-state index contributed by atoms with van der Waals surface area (Å²) in [5, 5.41) is 9.90. The largest absolute Gasteiger partial charge is 0.351 e. The zero-order valence-corrected chi connectivity index (χ0v) is 15.7. The number of H-pyrrole nitrogens is 2. The van der Waals surface area contributed by atoms with Crippen LogP contribution in [-0.4, -0.2) is 50.0 Å². The summed E-state index contributed by atoms with van der Waals surface area (Å²) < 4.78 is 0. The molecule has 3 N–H and O–H groups in total. The predicted molar refractivity (Wildman–Crippen MR) is 96.7 cm³/mol. The van der Waals surface area contributed by atoms with E-state index in [0.717, 1.165) is 23.6 Å². The van der Waals surface area contributed by atoms with E-state index in [4.69, 9.17) is 0 Å². The van der Waals surface area contributed by atoms with Crippen molar-refractivity contribution in [2.24, 2.45) is 0 Å². The zero-order valence-electron chi connectivity index (χ0n) is 15.7. The van der Waals surface area contributed by atoms with Gasteiger partial charge in [-0.1, -0.05) is 20.8 Å². The summed E-state index contributed by atoms with van der Waals surface area (Å²) in [6.45, 7) is 9.45. The van der Waals surface area contributed by atoms with Gasteiger partial charge in [0, 0.05) is 37.0 Å². The lowest BCUT2D eigenvalue weighted by molar-refractivity contribution is -0.119. The van der Waals surface area contributed by atoms with Crippen LogP contribution in [0, 0.1) is 0 Å². The molecule has 2 amide bonds. The van der Waals surface area contributed by atoms with Crippen LogP contribution in [0.2, 0.25) is 0 Å². The van der Waals surface area contributed by atoms with E-state index in [2.05, 4.69) is 46.3 Å². The molecule has 3 heterocycles. The van der Waals surface area contributed by atoms with Crippen LogP contribution < -0.4 is 5.32 Å². The highest BCUT2D eigenvalue weighted by Crippen LogP contribution is 2.27. The molecule has 0 spiro atoms. The van der Waals surface area contributed by atoms with Gasteiger partial charge in [-0.15, -0.1) is 0 Å². The second-order valence-electron chi connectivity index (χ2n) is 7.86. The van der Waals surface area contributed by atoms with Crippen molar-refractivity contribution < 1.29 is 9.59 Å². The van der Waals surface area contributed by atoms with Crippen molar-refractivity contribution in [3.05, 3.63) is 35.2 Å². The van der Waals surface area contributed by atoms with Crippen molar-refractivity contribution in [2.75, 3.05) is 13.1 Å². The minimum absolute atomic E-state index is 0.0516. The fraction of sp³-hybridized carbons (Fsp3) is 0.556. The van der Waals surface area contributed by atoms with Gasteiger partial charge in [-0.2, -0.15) is 5.10 Å². The Morgan fingerprint density at radius 1 is 1.38 bits per heavy atom. The van der Waals surface area contributed by atoms with Crippen LogP contribution in [0.15, 0.2) is 12.3 Å². The Kier molecular flexibility index (Phi) is 4.84. The summed E-state index contributed by atoms with van der Waals surface area (Å²) >= 11 is 0. The molecule has 3 rings (SSSR count). The number of aromatic amines is 2. The molecule has 1 saturated heterocycles. The molecule has 8 heteroatoms. The molecule has 140 valence electrons. The minimum atomic E-state index is -0.0765. The second kappa shape index (κ2) is 6.93. The van der Waals surface area contributed by atoms with Crippen molar-refractivity contribution in [3.8, 4) is 0 Å². The van der Waals surface area contributed by atoms with Crippen LogP contribution in [0.4, 0.5) is 0 Å². The van der Waals surface area contributed by atoms with Crippen LogP contribution in [0.1, 0.15) is 67.7 Å². The molecular weight excluding hydrogens is 332 g/mol. The molecular formula is C18H26N6O2. The van der Waals surface area contributed by atoms with Gasteiger partial charge in [-0.25, -0.2) is 4.98 Å². The Morgan fingerprint density at radius 2 is 2.15 bits per heavy atom. The van der Waals surface area contributed by atoms with Crippen LogP contribution in [-0.2, 0) is 16.8 Å². The van der Waals surface area contributed by atoms with Crippen molar-refractivity contribution in [1.82, 2.24) is 30.4 Å². The fourth-order valence-electron chi connectivity index (χ4n) is 3.04. The van der Waals surface area contributed by atoms with E-state index >= 15 is 0 Å². The molecule has 1 fully saturated rings. The summed E-state index contributed by atoms with van der Waals surface area (Å²) in [6.07, 6.45) is 2.59. The van der Waals surface area contributed by atoms with E-state index in [1.54, 1.807) is 6.20 Å². The average molecular weight is 358 g/mol. The highest BCUT2D eigenvalue weighted by molar-refractivity contribution is 5.92. The number of hydrogen-bond acceptors (Lipinski definition) is 4. The summed E-state index contributed by atoms with van der Waals surface area (Å²) in [6, 6.07) is 1.84. The van der Waals surface area contributed by atoms with Gasteiger partial charge in [0.25, 0.3) is 5.91 Å². The molecule has 0 aliphatic carbocycles. The normalized spacial score (nSPS) is 17.5. The lowest BCUT2D eigenvalue weighted by atomic mass is 9.92. The highest BCUT2D eigenvalue weighted by Gasteiger charge is 2.31. The maximum atomic E-state index is 12.7. The summed E-state index contributed by atoms with van der Waals surface area (Å²) in [5.41, 5.74) is 2.20. The molecule has 1 aliphatic heterocycles. The molecule has 2 aromatic heterocycles. The monoisotopic (exact) mass is 358 g/mol. The number of carbonyl (C=O) groups excluding carboxylic acids is 2. The fourth-order valence-corrected chi connectivity index (χ4v) is 3.04. The third-order valence-corrected chi connectivity index (χ3v) is 4.64. The van der Waals surface area contributed by atoms with E-state index in [1.165, 1.54) is 6.92 Å². The molecule has 0 aromatic carbocycles. The van der Waals surface area contributed by atoms with Gasteiger partial charge in [0.1, 0.15) is 11.5 Å². The van der Waals surface area contributed by atoms with E-state index in [0.29, 0.717) is 25.3 Å². The third-order valence-electron chi connectivity index (χ3n) is 4.64. The highest BCUT2D eigenvalue weighted by atomic mass is 16.2. The van der Waals surface area contributed by atoms with Gasteiger partial charge in [-0.05, 0) is 12.5 Å². The van der Waals surface area contributed by atoms with Gasteiger partial charge in [-0.3, -0.25) is 14.7 Å². The third kappa shape index (κ3) is 3.95. The van der Waals surface area contributed by atoms with E-state index in [-0.39, 0.29) is 23.1 Å². The maximum absolute atomic E-state index is 12.7. The van der Waals surface area contributed by atoms with E-state index in [1.807, 2.05) is 11.0 Å². The van der Waals surface area contributed by atoms with Crippen molar-refractivity contribution >= 4 is 11.8 Å². The van der Waals surface area contributed by atoms with Gasteiger partial charge < -0.3 is 15.2 Å². The first-order valence-electron chi connectivity index (χ1n) is 8.87. The van der Waals surface area contributed by atoms with Crippen LogP contribution in [0.5, 0.6) is 0 Å². The minimum Gasteiger partial charge on any atom is -0.351 e. The number of nitrogens with zero attached hydrogens (tertiary/aromatic N) is 3. The van der Waals surface area contributed by atoms with Gasteiger partial charge in [0.15, 0.2) is 0 Å². The molecule has 0 saturated carbocycles. The molecule has 2 aromatic rings.